The summed E-state index contributed by atoms with van der Waals surface area (Å²) in [6, 6.07) is 12.0. The molecular weight excluding hydrogens is 395 g/mol. The van der Waals surface area contributed by atoms with E-state index in [0.717, 1.165) is 28.5 Å². The van der Waals surface area contributed by atoms with Crippen LogP contribution in [0, 0.1) is 12.8 Å². The van der Waals surface area contributed by atoms with Crippen molar-refractivity contribution in [1.82, 2.24) is 14.9 Å². The first-order valence-corrected chi connectivity index (χ1v) is 9.73. The van der Waals surface area contributed by atoms with Crippen molar-refractivity contribution in [3.8, 4) is 5.75 Å². The molecule has 0 saturated heterocycles. The van der Waals surface area contributed by atoms with E-state index in [4.69, 9.17) is 4.74 Å². The van der Waals surface area contributed by atoms with Gasteiger partial charge in [-0.2, -0.15) is 13.2 Å². The SMILES string of the molecule is COc1ccc(C(NC(=O)Cn2c(C(F)(F)F)nc3ccc(C)cc32)C2CC2)cc1. The van der Waals surface area contributed by atoms with Crippen molar-refractivity contribution in [3.05, 3.63) is 59.4 Å². The van der Waals surface area contributed by atoms with Crippen molar-refractivity contribution in [2.75, 3.05) is 7.11 Å². The highest BCUT2D eigenvalue weighted by atomic mass is 19.4. The van der Waals surface area contributed by atoms with Crippen molar-refractivity contribution in [1.29, 1.82) is 0 Å². The molecule has 1 fully saturated rings. The first kappa shape index (κ1) is 20.3. The van der Waals surface area contributed by atoms with Crippen LogP contribution in [0.3, 0.4) is 0 Å². The summed E-state index contributed by atoms with van der Waals surface area (Å²) in [6.45, 7) is 1.34. The number of fused-ring (bicyclic) bond motifs is 1. The van der Waals surface area contributed by atoms with Crippen LogP contribution in [0.2, 0.25) is 0 Å². The number of aryl methyl sites for hydroxylation is 1. The molecule has 1 heterocycles. The number of halogens is 3. The number of methoxy groups -OCH3 is 1. The Morgan fingerprint density at radius 2 is 1.93 bits per heavy atom. The van der Waals surface area contributed by atoms with E-state index in [1.165, 1.54) is 0 Å². The highest BCUT2D eigenvalue weighted by Gasteiger charge is 2.39. The van der Waals surface area contributed by atoms with E-state index in [1.807, 2.05) is 24.3 Å². The number of nitrogens with one attached hydrogen (secondary N) is 1. The van der Waals surface area contributed by atoms with E-state index in [1.54, 1.807) is 32.2 Å². The molecule has 5 nitrogen and oxygen atoms in total. The molecule has 30 heavy (non-hydrogen) atoms. The molecule has 1 saturated carbocycles. The van der Waals surface area contributed by atoms with Gasteiger partial charge >= 0.3 is 6.18 Å². The smallest absolute Gasteiger partial charge is 0.449 e. The Morgan fingerprint density at radius 3 is 2.53 bits per heavy atom. The highest BCUT2D eigenvalue weighted by molar-refractivity contribution is 5.82. The molecule has 1 atom stereocenters. The summed E-state index contributed by atoms with van der Waals surface area (Å²) >= 11 is 0. The van der Waals surface area contributed by atoms with Gasteiger partial charge in [-0.05, 0) is 61.1 Å². The van der Waals surface area contributed by atoms with Gasteiger partial charge in [0.1, 0.15) is 12.3 Å². The van der Waals surface area contributed by atoms with E-state index < -0.39 is 24.5 Å². The predicted octanol–water partition coefficient (Wildman–Crippen LogP) is 4.64. The molecule has 0 aliphatic heterocycles. The minimum absolute atomic E-state index is 0.217. The van der Waals surface area contributed by atoms with E-state index in [-0.39, 0.29) is 17.5 Å². The van der Waals surface area contributed by atoms with E-state index in [9.17, 15) is 18.0 Å². The molecule has 1 unspecified atom stereocenters. The number of aromatic nitrogens is 2. The predicted molar refractivity (Wildman–Crippen MR) is 106 cm³/mol. The van der Waals surface area contributed by atoms with Gasteiger partial charge in [-0.15, -0.1) is 0 Å². The molecule has 4 rings (SSSR count). The lowest BCUT2D eigenvalue weighted by atomic mass is 10.0. The molecule has 1 aliphatic carbocycles. The summed E-state index contributed by atoms with van der Waals surface area (Å²) in [6.07, 6.45) is -2.71. The maximum Gasteiger partial charge on any atom is 0.449 e. The first-order chi connectivity index (χ1) is 14.3. The van der Waals surface area contributed by atoms with Crippen LogP contribution in [0.25, 0.3) is 11.0 Å². The fourth-order valence-corrected chi connectivity index (χ4v) is 3.69. The molecule has 8 heteroatoms. The van der Waals surface area contributed by atoms with Gasteiger partial charge in [-0.25, -0.2) is 4.98 Å². The zero-order valence-electron chi connectivity index (χ0n) is 16.7. The number of rotatable bonds is 6. The zero-order valence-corrected chi connectivity index (χ0v) is 16.7. The van der Waals surface area contributed by atoms with E-state index in [0.29, 0.717) is 11.3 Å². The second-order valence-corrected chi connectivity index (χ2v) is 7.67. The largest absolute Gasteiger partial charge is 0.497 e. The maximum absolute atomic E-state index is 13.5. The van der Waals surface area contributed by atoms with Gasteiger partial charge in [0, 0.05) is 0 Å². The molecule has 1 aromatic heterocycles. The Kier molecular flexibility index (Phi) is 5.17. The molecule has 3 aromatic rings. The standard InChI is InChI=1S/C22H22F3N3O2/c1-13-3-10-17-18(11-13)28(21(26-17)22(23,24)25)12-19(29)27-20(14-4-5-14)15-6-8-16(30-2)9-7-15/h3,6-11,14,20H,4-5,12H2,1-2H3,(H,27,29). The Labute approximate surface area is 171 Å². The summed E-state index contributed by atoms with van der Waals surface area (Å²) in [5, 5.41) is 2.93. The van der Waals surface area contributed by atoms with Crippen LogP contribution in [0.4, 0.5) is 13.2 Å². The Balaban J connectivity index is 1.61. The van der Waals surface area contributed by atoms with E-state index >= 15 is 0 Å². The van der Waals surface area contributed by atoms with Crippen LogP contribution < -0.4 is 10.1 Å². The lowest BCUT2D eigenvalue weighted by Crippen LogP contribution is -2.33. The van der Waals surface area contributed by atoms with Gasteiger partial charge in [-0.3, -0.25) is 4.79 Å². The number of carbonyl (C=O) groups is 1. The first-order valence-electron chi connectivity index (χ1n) is 9.73. The van der Waals surface area contributed by atoms with Crippen LogP contribution in [0.1, 0.15) is 35.8 Å². The molecule has 2 aromatic carbocycles. The third-order valence-corrected chi connectivity index (χ3v) is 5.34. The van der Waals surface area contributed by atoms with Crippen molar-refractivity contribution in [3.63, 3.8) is 0 Å². The summed E-state index contributed by atoms with van der Waals surface area (Å²) in [4.78, 5) is 16.5. The average molecular weight is 417 g/mol. The number of benzene rings is 2. The molecule has 158 valence electrons. The molecule has 0 spiro atoms. The van der Waals surface area contributed by atoms with Crippen LogP contribution in [0.5, 0.6) is 5.75 Å². The quantitative estimate of drug-likeness (QED) is 0.636. The topological polar surface area (TPSA) is 56.1 Å². The highest BCUT2D eigenvalue weighted by Crippen LogP contribution is 2.41. The normalized spacial score (nSPS) is 15.2. The summed E-state index contributed by atoms with van der Waals surface area (Å²) in [5.41, 5.74) is 2.22. The number of alkyl halides is 3. The minimum atomic E-state index is -4.65. The summed E-state index contributed by atoms with van der Waals surface area (Å²) in [5.74, 6) is -0.555. The van der Waals surface area contributed by atoms with Gasteiger partial charge in [0.2, 0.25) is 11.7 Å². The maximum atomic E-state index is 13.5. The average Bonchev–Trinajstić information content (AvgIpc) is 3.48. The second kappa shape index (κ2) is 7.66. The number of hydrogen-bond acceptors (Lipinski definition) is 3. The fourth-order valence-electron chi connectivity index (χ4n) is 3.69. The second-order valence-electron chi connectivity index (χ2n) is 7.67. The third-order valence-electron chi connectivity index (χ3n) is 5.34. The minimum Gasteiger partial charge on any atom is -0.497 e. The number of hydrogen-bond donors (Lipinski definition) is 1. The molecule has 1 aliphatic rings. The molecule has 0 radical (unpaired) electrons. The van der Waals surface area contributed by atoms with Gasteiger partial charge in [0.25, 0.3) is 0 Å². The number of ether oxygens (including phenoxy) is 1. The fraction of sp³-hybridized carbons (Fsp3) is 0.364. The zero-order chi connectivity index (χ0) is 21.5. The third kappa shape index (κ3) is 4.13. The molecule has 1 amide bonds. The monoisotopic (exact) mass is 417 g/mol. The lowest BCUT2D eigenvalue weighted by Gasteiger charge is -2.20. The van der Waals surface area contributed by atoms with Gasteiger partial charge in [0.15, 0.2) is 0 Å². The molecule has 1 N–H and O–H groups in total. The van der Waals surface area contributed by atoms with Crippen molar-refractivity contribution in [2.45, 2.75) is 38.5 Å². The number of carbonyl (C=O) groups excluding carboxylic acids is 1. The Hall–Kier alpha value is -3.03. The lowest BCUT2D eigenvalue weighted by molar-refractivity contribution is -0.147. The van der Waals surface area contributed by atoms with Crippen LogP contribution >= 0.6 is 0 Å². The van der Waals surface area contributed by atoms with Crippen LogP contribution in [-0.2, 0) is 17.5 Å². The Morgan fingerprint density at radius 1 is 1.23 bits per heavy atom. The van der Waals surface area contributed by atoms with Crippen LogP contribution in [-0.4, -0.2) is 22.6 Å². The van der Waals surface area contributed by atoms with Gasteiger partial charge in [-0.1, -0.05) is 18.2 Å². The van der Waals surface area contributed by atoms with Crippen LogP contribution in [0.15, 0.2) is 42.5 Å². The summed E-state index contributed by atoms with van der Waals surface area (Å²) < 4.78 is 46.8. The van der Waals surface area contributed by atoms with Crippen molar-refractivity contribution in [2.24, 2.45) is 5.92 Å². The molecular formula is C22H22F3N3O2. The van der Waals surface area contributed by atoms with E-state index in [2.05, 4.69) is 10.3 Å². The van der Waals surface area contributed by atoms with Crippen molar-refractivity contribution >= 4 is 16.9 Å². The van der Waals surface area contributed by atoms with Crippen molar-refractivity contribution < 1.29 is 22.7 Å². The Bertz CT molecular complexity index is 1070. The summed E-state index contributed by atoms with van der Waals surface area (Å²) in [7, 11) is 1.57. The molecule has 0 bridgehead atoms. The number of imidazole rings is 1. The van der Waals surface area contributed by atoms with Gasteiger partial charge < -0.3 is 14.6 Å². The number of amides is 1. The van der Waals surface area contributed by atoms with Gasteiger partial charge in [0.05, 0.1) is 24.2 Å². The number of nitrogens with zero attached hydrogens (tertiary/aromatic N) is 2.